The Kier molecular flexibility index (Phi) is 5.33. The van der Waals surface area contributed by atoms with Gasteiger partial charge < -0.3 is 15.3 Å². The Bertz CT molecular complexity index is 691. The Balaban J connectivity index is 1.60. The number of benzene rings is 2. The maximum absolute atomic E-state index is 12.5. The van der Waals surface area contributed by atoms with Crippen LogP contribution in [0.25, 0.3) is 10.8 Å². The summed E-state index contributed by atoms with van der Waals surface area (Å²) in [5.41, 5.74) is 0.849. The van der Waals surface area contributed by atoms with Gasteiger partial charge in [0.05, 0.1) is 11.8 Å². The number of hydrogen-bond acceptors (Lipinski definition) is 3. The number of rotatable bonds is 4. The number of aliphatic hydroxyl groups excluding tert-OH is 1. The first-order valence-corrected chi connectivity index (χ1v) is 8.61. The van der Waals surface area contributed by atoms with Gasteiger partial charge in [-0.15, -0.1) is 0 Å². The van der Waals surface area contributed by atoms with Crippen LogP contribution in [0.1, 0.15) is 13.3 Å². The van der Waals surface area contributed by atoms with Crippen LogP contribution in [-0.4, -0.2) is 59.8 Å². The Morgan fingerprint density at radius 1 is 1.12 bits per heavy atom. The number of anilines is 1. The number of carbonyl (C=O) groups excluding carboxylic acids is 1. The largest absolute Gasteiger partial charge is 0.392 e. The van der Waals surface area contributed by atoms with Gasteiger partial charge in [-0.1, -0.05) is 43.3 Å². The first-order chi connectivity index (χ1) is 11.7. The molecular weight excluding hydrogens is 302 g/mol. The van der Waals surface area contributed by atoms with Gasteiger partial charge in [-0.05, 0) is 17.9 Å². The molecule has 2 aromatic carbocycles. The zero-order valence-corrected chi connectivity index (χ0v) is 14.1. The molecule has 0 bridgehead atoms. The third kappa shape index (κ3) is 3.86. The lowest BCUT2D eigenvalue weighted by molar-refractivity contribution is 0.0812. The summed E-state index contributed by atoms with van der Waals surface area (Å²) in [6.45, 7) is 5.66. The third-order valence-electron chi connectivity index (χ3n) is 4.63. The van der Waals surface area contributed by atoms with Gasteiger partial charge in [0.2, 0.25) is 0 Å². The van der Waals surface area contributed by atoms with E-state index in [2.05, 4.69) is 10.2 Å². The quantitative estimate of drug-likeness (QED) is 0.908. The molecule has 0 saturated carbocycles. The van der Waals surface area contributed by atoms with Crippen LogP contribution >= 0.6 is 0 Å². The van der Waals surface area contributed by atoms with Crippen LogP contribution in [0.5, 0.6) is 0 Å². The summed E-state index contributed by atoms with van der Waals surface area (Å²) in [6, 6.07) is 13.9. The Morgan fingerprint density at radius 3 is 2.58 bits per heavy atom. The lowest BCUT2D eigenvalue weighted by atomic mass is 10.1. The minimum absolute atomic E-state index is 0.0537. The van der Waals surface area contributed by atoms with Crippen LogP contribution in [-0.2, 0) is 0 Å². The summed E-state index contributed by atoms with van der Waals surface area (Å²) in [4.78, 5) is 16.6. The van der Waals surface area contributed by atoms with Crippen molar-refractivity contribution in [2.24, 2.45) is 0 Å². The average molecular weight is 327 g/mol. The Labute approximate surface area is 142 Å². The number of nitrogens with one attached hydrogen (secondary N) is 1. The number of carbonyl (C=O) groups is 1. The molecule has 0 spiro atoms. The number of aliphatic hydroxyl groups is 1. The molecule has 0 radical (unpaired) electrons. The fourth-order valence-electron chi connectivity index (χ4n) is 3.09. The molecule has 5 heteroatoms. The first-order valence-electron chi connectivity index (χ1n) is 8.61. The van der Waals surface area contributed by atoms with E-state index in [0.29, 0.717) is 19.6 Å². The van der Waals surface area contributed by atoms with Crippen molar-refractivity contribution >= 4 is 22.5 Å². The second-order valence-electron chi connectivity index (χ2n) is 6.31. The predicted molar refractivity (Wildman–Crippen MR) is 97.3 cm³/mol. The van der Waals surface area contributed by atoms with Crippen LogP contribution in [0.4, 0.5) is 10.5 Å². The third-order valence-corrected chi connectivity index (χ3v) is 4.63. The summed E-state index contributed by atoms with van der Waals surface area (Å²) >= 11 is 0. The molecule has 128 valence electrons. The summed E-state index contributed by atoms with van der Waals surface area (Å²) < 4.78 is 0. The number of amides is 2. The average Bonchev–Trinajstić information content (AvgIpc) is 2.62. The zero-order chi connectivity index (χ0) is 16.9. The van der Waals surface area contributed by atoms with E-state index in [1.807, 2.05) is 54.3 Å². The zero-order valence-electron chi connectivity index (χ0n) is 14.1. The van der Waals surface area contributed by atoms with E-state index in [9.17, 15) is 9.90 Å². The molecule has 0 aromatic heterocycles. The van der Waals surface area contributed by atoms with Crippen LogP contribution in [0.2, 0.25) is 0 Å². The minimum atomic E-state index is -0.277. The molecule has 1 heterocycles. The van der Waals surface area contributed by atoms with E-state index in [1.54, 1.807) is 0 Å². The Morgan fingerprint density at radius 2 is 1.83 bits per heavy atom. The van der Waals surface area contributed by atoms with Gasteiger partial charge in [0.1, 0.15) is 0 Å². The smallest absolute Gasteiger partial charge is 0.321 e. The number of piperazine rings is 1. The molecule has 1 atom stereocenters. The number of β-amino-alcohol motifs (C(OH)–C–C–N with tert-alkyl or cyclic N) is 1. The molecule has 24 heavy (non-hydrogen) atoms. The monoisotopic (exact) mass is 327 g/mol. The number of urea groups is 1. The first kappa shape index (κ1) is 16.7. The lowest BCUT2D eigenvalue weighted by Crippen LogP contribution is -2.51. The number of hydrogen-bond donors (Lipinski definition) is 2. The van der Waals surface area contributed by atoms with Gasteiger partial charge in [0, 0.05) is 38.1 Å². The van der Waals surface area contributed by atoms with Crippen molar-refractivity contribution in [2.75, 3.05) is 38.0 Å². The van der Waals surface area contributed by atoms with Crippen LogP contribution in [0.15, 0.2) is 42.5 Å². The predicted octanol–water partition coefficient (Wildman–Crippen LogP) is 2.76. The van der Waals surface area contributed by atoms with E-state index >= 15 is 0 Å². The van der Waals surface area contributed by atoms with Crippen molar-refractivity contribution in [3.05, 3.63) is 42.5 Å². The molecule has 2 N–H and O–H groups in total. The highest BCUT2D eigenvalue weighted by molar-refractivity contribution is 6.01. The van der Waals surface area contributed by atoms with E-state index in [1.165, 1.54) is 0 Å². The second kappa shape index (κ2) is 7.64. The van der Waals surface area contributed by atoms with E-state index in [-0.39, 0.29) is 12.1 Å². The maximum atomic E-state index is 12.5. The Hall–Kier alpha value is -2.11. The molecule has 3 rings (SSSR count). The van der Waals surface area contributed by atoms with E-state index in [4.69, 9.17) is 0 Å². The summed E-state index contributed by atoms with van der Waals surface area (Å²) in [5.74, 6) is 0. The standard InChI is InChI=1S/C19H25N3O2/c1-2-16(23)14-21-10-12-22(13-11-21)19(24)20-18-9-5-7-15-6-3-4-8-17(15)18/h3-9,16,23H,2,10-14H2,1H3,(H,20,24)/t16-/m1/s1. The minimum Gasteiger partial charge on any atom is -0.392 e. The highest BCUT2D eigenvalue weighted by Crippen LogP contribution is 2.23. The van der Waals surface area contributed by atoms with E-state index < -0.39 is 0 Å². The van der Waals surface area contributed by atoms with Crippen molar-refractivity contribution in [1.82, 2.24) is 9.80 Å². The normalized spacial score (nSPS) is 17.0. The SMILES string of the molecule is CC[C@@H](O)CN1CCN(C(=O)Nc2cccc3ccccc23)CC1. The van der Waals surface area contributed by atoms with Gasteiger partial charge in [-0.25, -0.2) is 4.79 Å². The molecule has 0 aliphatic carbocycles. The number of fused-ring (bicyclic) bond motifs is 1. The highest BCUT2D eigenvalue weighted by Gasteiger charge is 2.22. The van der Waals surface area contributed by atoms with Gasteiger partial charge in [-0.3, -0.25) is 4.90 Å². The molecule has 1 aliphatic rings. The van der Waals surface area contributed by atoms with Gasteiger partial charge in [-0.2, -0.15) is 0 Å². The van der Waals surface area contributed by atoms with Gasteiger partial charge in [0.25, 0.3) is 0 Å². The molecule has 1 fully saturated rings. The van der Waals surface area contributed by atoms with Crippen molar-refractivity contribution in [1.29, 1.82) is 0 Å². The molecular formula is C19H25N3O2. The van der Waals surface area contributed by atoms with Gasteiger partial charge in [0.15, 0.2) is 0 Å². The molecule has 0 unspecified atom stereocenters. The van der Waals surface area contributed by atoms with Crippen molar-refractivity contribution in [2.45, 2.75) is 19.4 Å². The lowest BCUT2D eigenvalue weighted by Gasteiger charge is -2.35. The highest BCUT2D eigenvalue weighted by atomic mass is 16.3. The maximum Gasteiger partial charge on any atom is 0.321 e. The van der Waals surface area contributed by atoms with Crippen LogP contribution < -0.4 is 5.32 Å². The molecule has 2 amide bonds. The summed E-state index contributed by atoms with van der Waals surface area (Å²) in [6.07, 6.45) is 0.489. The summed E-state index contributed by atoms with van der Waals surface area (Å²) in [5, 5.41) is 15.0. The van der Waals surface area contributed by atoms with Crippen LogP contribution in [0.3, 0.4) is 0 Å². The van der Waals surface area contributed by atoms with Crippen molar-refractivity contribution in [3.8, 4) is 0 Å². The second-order valence-corrected chi connectivity index (χ2v) is 6.31. The molecule has 1 saturated heterocycles. The molecule has 5 nitrogen and oxygen atoms in total. The fraction of sp³-hybridized carbons (Fsp3) is 0.421. The number of nitrogens with zero attached hydrogens (tertiary/aromatic N) is 2. The van der Waals surface area contributed by atoms with Crippen LogP contribution in [0, 0.1) is 0 Å². The summed E-state index contributed by atoms with van der Waals surface area (Å²) in [7, 11) is 0. The molecule has 1 aliphatic heterocycles. The topological polar surface area (TPSA) is 55.8 Å². The van der Waals surface area contributed by atoms with Gasteiger partial charge >= 0.3 is 6.03 Å². The van der Waals surface area contributed by atoms with E-state index in [0.717, 1.165) is 36.0 Å². The van der Waals surface area contributed by atoms with Crippen molar-refractivity contribution in [3.63, 3.8) is 0 Å². The molecule has 2 aromatic rings. The van der Waals surface area contributed by atoms with Crippen molar-refractivity contribution < 1.29 is 9.90 Å². The fourth-order valence-corrected chi connectivity index (χ4v) is 3.09.